The van der Waals surface area contributed by atoms with Gasteiger partial charge in [0.25, 0.3) is 0 Å². The van der Waals surface area contributed by atoms with E-state index in [1.807, 2.05) is 6.07 Å². The maximum Gasteiger partial charge on any atom is 0.409 e. The van der Waals surface area contributed by atoms with Crippen LogP contribution < -0.4 is 0 Å². The van der Waals surface area contributed by atoms with Crippen LogP contribution in [0.4, 0.5) is 13.2 Å². The van der Waals surface area contributed by atoms with Crippen LogP contribution in [0.15, 0.2) is 42.5 Å². The van der Waals surface area contributed by atoms with E-state index in [9.17, 15) is 23.1 Å². The van der Waals surface area contributed by atoms with E-state index < -0.39 is 28.4 Å². The fourth-order valence-electron chi connectivity index (χ4n) is 3.72. The largest absolute Gasteiger partial charge is 0.481 e. The van der Waals surface area contributed by atoms with Crippen molar-refractivity contribution in [3.8, 4) is 0 Å². The molecule has 1 N–H and O–H groups in total. The average Bonchev–Trinajstić information content (AvgIpc) is 2.79. The van der Waals surface area contributed by atoms with Crippen molar-refractivity contribution in [2.75, 3.05) is 0 Å². The molecule has 0 spiro atoms. The highest BCUT2D eigenvalue weighted by Crippen LogP contribution is 2.79. The van der Waals surface area contributed by atoms with Gasteiger partial charge in [0.1, 0.15) is 0 Å². The Morgan fingerprint density at radius 1 is 1.18 bits per heavy atom. The van der Waals surface area contributed by atoms with Crippen LogP contribution in [0.3, 0.4) is 0 Å². The molecule has 2 atom stereocenters. The van der Waals surface area contributed by atoms with Gasteiger partial charge in [0.05, 0.1) is 5.41 Å². The summed E-state index contributed by atoms with van der Waals surface area (Å²) in [7, 11) is 0. The molecular weight excluding hydrogens is 293 g/mol. The number of benzene rings is 1. The van der Waals surface area contributed by atoms with E-state index in [1.165, 1.54) is 0 Å². The van der Waals surface area contributed by atoms with Crippen molar-refractivity contribution in [2.45, 2.75) is 33.4 Å². The second-order valence-electron chi connectivity index (χ2n) is 6.58. The molecule has 1 saturated carbocycles. The predicted molar refractivity (Wildman–Crippen MR) is 77.3 cm³/mol. The van der Waals surface area contributed by atoms with Gasteiger partial charge in [0, 0.05) is 11.5 Å². The Hall–Kier alpha value is -1.78. The lowest BCUT2D eigenvalue weighted by atomic mass is 9.86. The summed E-state index contributed by atoms with van der Waals surface area (Å²) in [6.07, 6.45) is -3.07. The van der Waals surface area contributed by atoms with Crippen LogP contribution >= 0.6 is 0 Å². The molecule has 1 aliphatic rings. The summed E-state index contributed by atoms with van der Waals surface area (Å²) in [5.41, 5.74) is -2.27. The molecule has 0 bridgehead atoms. The number of aliphatic carboxylic acids is 1. The zero-order valence-corrected chi connectivity index (χ0v) is 12.7. The second kappa shape index (κ2) is 4.86. The van der Waals surface area contributed by atoms with Gasteiger partial charge < -0.3 is 5.11 Å². The average molecular weight is 312 g/mol. The number of carboxylic acids is 1. The fourth-order valence-corrected chi connectivity index (χ4v) is 3.72. The minimum Gasteiger partial charge on any atom is -0.481 e. The Morgan fingerprint density at radius 2 is 1.73 bits per heavy atom. The Kier molecular flexibility index (Phi) is 3.67. The third kappa shape index (κ3) is 2.23. The lowest BCUT2D eigenvalue weighted by Crippen LogP contribution is -2.26. The standard InChI is InChI=1S/C17H19F3O2/c1-14(2)15(3,9-10-17(18,19)20)16(14,13(21)22)11-12-7-5-4-6-8-12/h4-10H,11H2,1-3H3,(H,21,22). The predicted octanol–water partition coefficient (Wildman–Crippen LogP) is 4.46. The third-order valence-corrected chi connectivity index (χ3v) is 5.47. The van der Waals surface area contributed by atoms with Gasteiger partial charge in [-0.05, 0) is 17.4 Å². The molecule has 0 heterocycles. The molecule has 0 saturated heterocycles. The van der Waals surface area contributed by atoms with E-state index in [0.29, 0.717) is 0 Å². The highest BCUT2D eigenvalue weighted by Gasteiger charge is 2.82. The summed E-state index contributed by atoms with van der Waals surface area (Å²) >= 11 is 0. The lowest BCUT2D eigenvalue weighted by molar-refractivity contribution is -0.145. The second-order valence-corrected chi connectivity index (χ2v) is 6.58. The molecular formula is C17H19F3O2. The first kappa shape index (κ1) is 16.6. The molecule has 5 heteroatoms. The molecule has 0 aromatic heterocycles. The number of carbonyl (C=O) groups is 1. The summed E-state index contributed by atoms with van der Waals surface area (Å²) in [5.74, 6) is -1.06. The molecule has 120 valence electrons. The van der Waals surface area contributed by atoms with Crippen LogP contribution in [-0.4, -0.2) is 17.3 Å². The zero-order chi connectivity index (χ0) is 16.8. The van der Waals surface area contributed by atoms with Crippen molar-refractivity contribution < 1.29 is 23.1 Å². The quantitative estimate of drug-likeness (QED) is 0.833. The monoisotopic (exact) mass is 312 g/mol. The van der Waals surface area contributed by atoms with Crippen LogP contribution in [0.1, 0.15) is 26.3 Å². The number of carboxylic acid groups (broad SMARTS) is 1. The molecule has 2 rings (SSSR count). The van der Waals surface area contributed by atoms with Crippen LogP contribution in [0, 0.1) is 16.2 Å². The number of halogens is 3. The molecule has 2 nitrogen and oxygen atoms in total. The number of rotatable bonds is 4. The first-order valence-corrected chi connectivity index (χ1v) is 7.02. The molecule has 0 amide bonds. The van der Waals surface area contributed by atoms with Crippen molar-refractivity contribution in [3.05, 3.63) is 48.0 Å². The number of hydrogen-bond donors (Lipinski definition) is 1. The van der Waals surface area contributed by atoms with E-state index >= 15 is 0 Å². The van der Waals surface area contributed by atoms with Gasteiger partial charge in [-0.3, -0.25) is 4.79 Å². The fraction of sp³-hybridized carbons (Fsp3) is 0.471. The summed E-state index contributed by atoms with van der Waals surface area (Å²) in [5, 5.41) is 9.75. The van der Waals surface area contributed by atoms with E-state index in [0.717, 1.165) is 11.6 Å². The van der Waals surface area contributed by atoms with E-state index in [1.54, 1.807) is 45.0 Å². The SMILES string of the molecule is CC1(C)C(C)(C=CC(F)(F)F)C1(Cc1ccccc1)C(=O)O. The van der Waals surface area contributed by atoms with E-state index in [4.69, 9.17) is 0 Å². The van der Waals surface area contributed by atoms with Crippen LogP contribution in [0.25, 0.3) is 0 Å². The molecule has 1 fully saturated rings. The lowest BCUT2D eigenvalue weighted by Gasteiger charge is -2.17. The molecule has 22 heavy (non-hydrogen) atoms. The molecule has 1 aliphatic carbocycles. The van der Waals surface area contributed by atoms with Crippen LogP contribution in [-0.2, 0) is 11.2 Å². The molecule has 1 aromatic carbocycles. The van der Waals surface area contributed by atoms with Gasteiger partial charge in [-0.1, -0.05) is 57.2 Å². The Bertz CT molecular complexity index is 604. The zero-order valence-electron chi connectivity index (χ0n) is 12.7. The number of allylic oxidation sites excluding steroid dienone is 2. The van der Waals surface area contributed by atoms with Crippen LogP contribution in [0.5, 0.6) is 0 Å². The first-order chi connectivity index (χ1) is 9.98. The number of hydrogen-bond acceptors (Lipinski definition) is 1. The van der Waals surface area contributed by atoms with Gasteiger partial charge in [-0.2, -0.15) is 13.2 Å². The summed E-state index contributed by atoms with van der Waals surface area (Å²) in [6, 6.07) is 9.00. The van der Waals surface area contributed by atoms with Gasteiger partial charge in [0.15, 0.2) is 0 Å². The minimum absolute atomic E-state index is 0.157. The Balaban J connectivity index is 2.43. The topological polar surface area (TPSA) is 37.3 Å². The van der Waals surface area contributed by atoms with Crippen molar-refractivity contribution in [1.29, 1.82) is 0 Å². The normalized spacial score (nSPS) is 30.5. The molecule has 1 aromatic rings. The van der Waals surface area contributed by atoms with Crippen molar-refractivity contribution >= 4 is 5.97 Å². The molecule has 0 aliphatic heterocycles. The Morgan fingerprint density at radius 3 is 2.18 bits per heavy atom. The molecule has 0 radical (unpaired) electrons. The summed E-state index contributed by atoms with van der Waals surface area (Å²) in [6.45, 7) is 5.02. The summed E-state index contributed by atoms with van der Waals surface area (Å²) in [4.78, 5) is 11.9. The molecule has 2 unspecified atom stereocenters. The highest BCUT2D eigenvalue weighted by molar-refractivity contribution is 5.83. The third-order valence-electron chi connectivity index (χ3n) is 5.47. The minimum atomic E-state index is -4.45. The van der Waals surface area contributed by atoms with Crippen molar-refractivity contribution in [3.63, 3.8) is 0 Å². The maximum absolute atomic E-state index is 12.5. The Labute approximate surface area is 127 Å². The van der Waals surface area contributed by atoms with E-state index in [2.05, 4.69) is 0 Å². The summed E-state index contributed by atoms with van der Waals surface area (Å²) < 4.78 is 37.5. The van der Waals surface area contributed by atoms with Gasteiger partial charge in [-0.15, -0.1) is 0 Å². The van der Waals surface area contributed by atoms with Gasteiger partial charge >= 0.3 is 12.1 Å². The van der Waals surface area contributed by atoms with Crippen molar-refractivity contribution in [1.82, 2.24) is 0 Å². The highest BCUT2D eigenvalue weighted by atomic mass is 19.4. The van der Waals surface area contributed by atoms with Gasteiger partial charge in [-0.25, -0.2) is 0 Å². The van der Waals surface area contributed by atoms with Crippen LogP contribution in [0.2, 0.25) is 0 Å². The van der Waals surface area contributed by atoms with Crippen molar-refractivity contribution in [2.24, 2.45) is 16.2 Å². The smallest absolute Gasteiger partial charge is 0.409 e. The first-order valence-electron chi connectivity index (χ1n) is 7.02. The van der Waals surface area contributed by atoms with Gasteiger partial charge in [0.2, 0.25) is 0 Å². The van der Waals surface area contributed by atoms with E-state index in [-0.39, 0.29) is 12.5 Å². The maximum atomic E-state index is 12.5. The number of alkyl halides is 3.